The maximum absolute atomic E-state index is 11.7. The molecule has 2 amide bonds. The SMILES string of the molecule is CC[C@@H](Nc1cnc(C(N)=O)c(Nc2cc(OC)cc(OC)c2)n1)C(N)=O. The molecule has 6 N–H and O–H groups in total. The molecule has 0 bridgehead atoms. The number of anilines is 3. The number of aromatic nitrogens is 2. The van der Waals surface area contributed by atoms with Gasteiger partial charge in [0.15, 0.2) is 11.5 Å². The number of hydrogen-bond donors (Lipinski definition) is 4. The van der Waals surface area contributed by atoms with Gasteiger partial charge in [-0.05, 0) is 6.42 Å². The average molecular weight is 374 g/mol. The second kappa shape index (κ2) is 8.70. The number of rotatable bonds is 9. The van der Waals surface area contributed by atoms with Gasteiger partial charge in [-0.15, -0.1) is 0 Å². The van der Waals surface area contributed by atoms with Crippen molar-refractivity contribution in [3.8, 4) is 11.5 Å². The number of benzene rings is 1. The average Bonchev–Trinajstić information content (AvgIpc) is 2.65. The normalized spacial score (nSPS) is 11.4. The maximum atomic E-state index is 11.7. The lowest BCUT2D eigenvalue weighted by molar-refractivity contribution is -0.118. The van der Waals surface area contributed by atoms with Gasteiger partial charge in [-0.1, -0.05) is 6.92 Å². The highest BCUT2D eigenvalue weighted by atomic mass is 16.5. The van der Waals surface area contributed by atoms with Gasteiger partial charge in [0.2, 0.25) is 5.91 Å². The summed E-state index contributed by atoms with van der Waals surface area (Å²) in [6, 6.07) is 4.45. The Labute approximate surface area is 156 Å². The van der Waals surface area contributed by atoms with Crippen LogP contribution >= 0.6 is 0 Å². The monoisotopic (exact) mass is 374 g/mol. The van der Waals surface area contributed by atoms with Crippen molar-refractivity contribution >= 4 is 29.1 Å². The Hall–Kier alpha value is -3.56. The van der Waals surface area contributed by atoms with E-state index in [1.54, 1.807) is 25.1 Å². The Kier molecular flexibility index (Phi) is 6.36. The van der Waals surface area contributed by atoms with Crippen molar-refractivity contribution < 1.29 is 19.1 Å². The molecule has 10 nitrogen and oxygen atoms in total. The molecule has 0 unspecified atom stereocenters. The molecular formula is C17H22N6O4. The predicted molar refractivity (Wildman–Crippen MR) is 100 cm³/mol. The minimum Gasteiger partial charge on any atom is -0.497 e. The van der Waals surface area contributed by atoms with E-state index >= 15 is 0 Å². The molecule has 0 aliphatic heterocycles. The summed E-state index contributed by atoms with van der Waals surface area (Å²) >= 11 is 0. The predicted octanol–water partition coefficient (Wildman–Crippen LogP) is 1.01. The fraction of sp³-hybridized carbons (Fsp3) is 0.294. The van der Waals surface area contributed by atoms with Gasteiger partial charge in [-0.25, -0.2) is 9.97 Å². The molecule has 0 aliphatic rings. The van der Waals surface area contributed by atoms with Crippen LogP contribution in [0.5, 0.6) is 11.5 Å². The second-order valence-electron chi connectivity index (χ2n) is 5.55. The Bertz CT molecular complexity index is 820. The molecule has 2 aromatic rings. The quantitative estimate of drug-likeness (QED) is 0.507. The molecule has 1 aromatic carbocycles. The molecule has 0 saturated carbocycles. The van der Waals surface area contributed by atoms with Crippen molar-refractivity contribution in [3.05, 3.63) is 30.1 Å². The maximum Gasteiger partial charge on any atom is 0.271 e. The van der Waals surface area contributed by atoms with Crippen LogP contribution in [0.25, 0.3) is 0 Å². The zero-order valence-corrected chi connectivity index (χ0v) is 15.3. The zero-order valence-electron chi connectivity index (χ0n) is 15.3. The second-order valence-corrected chi connectivity index (χ2v) is 5.55. The molecule has 0 spiro atoms. The Morgan fingerprint density at radius 3 is 2.26 bits per heavy atom. The van der Waals surface area contributed by atoms with Crippen LogP contribution in [0.15, 0.2) is 24.4 Å². The molecule has 10 heteroatoms. The first-order valence-electron chi connectivity index (χ1n) is 8.10. The van der Waals surface area contributed by atoms with Gasteiger partial charge in [0, 0.05) is 23.9 Å². The van der Waals surface area contributed by atoms with Crippen LogP contribution in [0, 0.1) is 0 Å². The van der Waals surface area contributed by atoms with Crippen LogP contribution in [-0.4, -0.2) is 42.0 Å². The lowest BCUT2D eigenvalue weighted by atomic mass is 10.2. The molecule has 0 radical (unpaired) electrons. The number of nitrogens with two attached hydrogens (primary N) is 2. The molecule has 0 saturated heterocycles. The van der Waals surface area contributed by atoms with E-state index in [9.17, 15) is 9.59 Å². The van der Waals surface area contributed by atoms with E-state index in [1.165, 1.54) is 20.4 Å². The van der Waals surface area contributed by atoms with Crippen molar-refractivity contribution in [2.75, 3.05) is 24.9 Å². The summed E-state index contributed by atoms with van der Waals surface area (Å²) in [6.07, 6.45) is 1.77. The lowest BCUT2D eigenvalue weighted by Gasteiger charge is -2.16. The van der Waals surface area contributed by atoms with Crippen molar-refractivity contribution in [2.45, 2.75) is 19.4 Å². The summed E-state index contributed by atoms with van der Waals surface area (Å²) in [6.45, 7) is 1.80. The first-order valence-corrected chi connectivity index (χ1v) is 8.10. The third-order valence-corrected chi connectivity index (χ3v) is 3.69. The van der Waals surface area contributed by atoms with E-state index in [0.717, 1.165) is 0 Å². The van der Waals surface area contributed by atoms with Crippen LogP contribution in [0.4, 0.5) is 17.3 Å². The number of hydrogen-bond acceptors (Lipinski definition) is 8. The van der Waals surface area contributed by atoms with E-state index in [-0.39, 0.29) is 17.3 Å². The van der Waals surface area contributed by atoms with Gasteiger partial charge in [0.1, 0.15) is 23.4 Å². The number of amides is 2. The highest BCUT2D eigenvalue weighted by Crippen LogP contribution is 2.28. The Morgan fingerprint density at radius 1 is 1.15 bits per heavy atom. The number of ether oxygens (including phenoxy) is 2. The minimum atomic E-state index is -0.756. The standard InChI is InChI=1S/C17H22N6O4/c1-4-12(15(18)24)22-13-8-20-14(16(19)25)17(23-13)21-9-5-10(26-2)7-11(6-9)27-3/h5-8,12H,4H2,1-3H3,(H2,18,24)(H2,19,25)(H2,21,22,23)/t12-/m1/s1. The van der Waals surface area contributed by atoms with Gasteiger partial charge >= 0.3 is 0 Å². The van der Waals surface area contributed by atoms with E-state index in [4.69, 9.17) is 20.9 Å². The minimum absolute atomic E-state index is 0.0607. The summed E-state index contributed by atoms with van der Waals surface area (Å²) in [4.78, 5) is 31.4. The fourth-order valence-electron chi connectivity index (χ4n) is 2.30. The van der Waals surface area contributed by atoms with Gasteiger partial charge in [0.25, 0.3) is 5.91 Å². The van der Waals surface area contributed by atoms with Gasteiger partial charge in [0.05, 0.1) is 20.4 Å². The molecular weight excluding hydrogens is 352 g/mol. The third kappa shape index (κ3) is 4.97. The van der Waals surface area contributed by atoms with Crippen LogP contribution in [-0.2, 0) is 4.79 Å². The van der Waals surface area contributed by atoms with Crippen LogP contribution in [0.3, 0.4) is 0 Å². The topological polar surface area (TPSA) is 154 Å². The van der Waals surface area contributed by atoms with Crippen molar-refractivity contribution in [2.24, 2.45) is 11.5 Å². The molecule has 0 fully saturated rings. The van der Waals surface area contributed by atoms with Gasteiger partial charge in [-0.3, -0.25) is 9.59 Å². The van der Waals surface area contributed by atoms with Crippen molar-refractivity contribution in [3.63, 3.8) is 0 Å². The summed E-state index contributed by atoms with van der Waals surface area (Å²) in [5.41, 5.74) is 11.2. The van der Waals surface area contributed by atoms with Gasteiger partial charge < -0.3 is 31.6 Å². The highest BCUT2D eigenvalue weighted by molar-refractivity contribution is 5.96. The molecule has 1 heterocycles. The molecule has 2 rings (SSSR count). The van der Waals surface area contributed by atoms with E-state index < -0.39 is 17.9 Å². The summed E-state index contributed by atoms with van der Waals surface area (Å²) in [5, 5.41) is 5.85. The highest BCUT2D eigenvalue weighted by Gasteiger charge is 2.17. The molecule has 1 atom stereocenters. The number of carbonyl (C=O) groups excluding carboxylic acids is 2. The van der Waals surface area contributed by atoms with Crippen LogP contribution in [0.1, 0.15) is 23.8 Å². The van der Waals surface area contributed by atoms with E-state index in [2.05, 4.69) is 20.6 Å². The molecule has 144 valence electrons. The number of carbonyl (C=O) groups is 2. The lowest BCUT2D eigenvalue weighted by Crippen LogP contribution is -2.35. The van der Waals surface area contributed by atoms with Crippen molar-refractivity contribution in [1.29, 1.82) is 0 Å². The molecule has 1 aromatic heterocycles. The van der Waals surface area contributed by atoms with Crippen LogP contribution < -0.4 is 31.6 Å². The van der Waals surface area contributed by atoms with Gasteiger partial charge in [-0.2, -0.15) is 0 Å². The number of primary amides is 2. The summed E-state index contributed by atoms with van der Waals surface area (Å²) in [7, 11) is 3.04. The Balaban J connectivity index is 2.40. The number of nitrogens with one attached hydrogen (secondary N) is 2. The zero-order chi connectivity index (χ0) is 20.0. The first-order chi connectivity index (χ1) is 12.9. The fourth-order valence-corrected chi connectivity index (χ4v) is 2.30. The number of methoxy groups -OCH3 is 2. The smallest absolute Gasteiger partial charge is 0.271 e. The summed E-state index contributed by atoms with van der Waals surface area (Å²) in [5.74, 6) is 0.183. The third-order valence-electron chi connectivity index (χ3n) is 3.69. The Morgan fingerprint density at radius 2 is 1.78 bits per heavy atom. The van der Waals surface area contributed by atoms with Crippen LogP contribution in [0.2, 0.25) is 0 Å². The van der Waals surface area contributed by atoms with E-state index in [1.807, 2.05) is 0 Å². The first kappa shape index (κ1) is 19.8. The largest absolute Gasteiger partial charge is 0.497 e. The summed E-state index contributed by atoms with van der Waals surface area (Å²) < 4.78 is 10.4. The molecule has 0 aliphatic carbocycles. The van der Waals surface area contributed by atoms with Crippen molar-refractivity contribution in [1.82, 2.24) is 9.97 Å². The number of nitrogens with zero attached hydrogens (tertiary/aromatic N) is 2. The van der Waals surface area contributed by atoms with E-state index in [0.29, 0.717) is 23.6 Å². The molecule has 27 heavy (non-hydrogen) atoms.